The van der Waals surface area contributed by atoms with Crippen molar-refractivity contribution in [1.82, 2.24) is 5.32 Å². The van der Waals surface area contributed by atoms with Gasteiger partial charge in [0.1, 0.15) is 5.75 Å². The topological polar surface area (TPSA) is 47.6 Å². The van der Waals surface area contributed by atoms with Crippen LogP contribution in [0.4, 0.5) is 0 Å². The van der Waals surface area contributed by atoms with Gasteiger partial charge in [0.05, 0.1) is 19.3 Å². The van der Waals surface area contributed by atoms with Gasteiger partial charge >= 0.3 is 0 Å². The van der Waals surface area contributed by atoms with Gasteiger partial charge in [0, 0.05) is 18.2 Å². The standard InChI is InChI=1S/C16H21NO3/c1-12(14-8-5-11-20-14)17-16(18)10-9-13-6-3-4-7-15(13)19-2/h3-4,6-7,9-10,12,14H,5,8,11H2,1-2H3,(H,17,18)/b10-9+/t12-,14-/m1/s1. The maximum Gasteiger partial charge on any atom is 0.244 e. The van der Waals surface area contributed by atoms with Crippen LogP contribution in [0.2, 0.25) is 0 Å². The van der Waals surface area contributed by atoms with E-state index in [0.29, 0.717) is 0 Å². The van der Waals surface area contributed by atoms with Crippen molar-refractivity contribution < 1.29 is 14.3 Å². The first kappa shape index (κ1) is 14.6. The summed E-state index contributed by atoms with van der Waals surface area (Å²) in [7, 11) is 1.62. The van der Waals surface area contributed by atoms with Gasteiger partial charge in [-0.1, -0.05) is 18.2 Å². The van der Waals surface area contributed by atoms with E-state index in [4.69, 9.17) is 9.47 Å². The predicted molar refractivity (Wildman–Crippen MR) is 78.6 cm³/mol. The first-order valence-corrected chi connectivity index (χ1v) is 6.94. The minimum atomic E-state index is -0.112. The number of methoxy groups -OCH3 is 1. The van der Waals surface area contributed by atoms with E-state index < -0.39 is 0 Å². The van der Waals surface area contributed by atoms with Crippen LogP contribution in [0, 0.1) is 0 Å². The van der Waals surface area contributed by atoms with Crippen LogP contribution in [0.15, 0.2) is 30.3 Å². The second-order valence-corrected chi connectivity index (χ2v) is 4.92. The number of carbonyl (C=O) groups is 1. The third-order valence-electron chi connectivity index (χ3n) is 3.45. The van der Waals surface area contributed by atoms with E-state index in [0.717, 1.165) is 30.8 Å². The Balaban J connectivity index is 1.91. The summed E-state index contributed by atoms with van der Waals surface area (Å²) < 4.78 is 10.8. The highest BCUT2D eigenvalue weighted by molar-refractivity contribution is 5.92. The maximum atomic E-state index is 11.9. The maximum absolute atomic E-state index is 11.9. The lowest BCUT2D eigenvalue weighted by Gasteiger charge is -2.18. The molecule has 1 aromatic rings. The van der Waals surface area contributed by atoms with Gasteiger partial charge in [0.15, 0.2) is 0 Å². The molecule has 1 aliphatic heterocycles. The van der Waals surface area contributed by atoms with E-state index in [-0.39, 0.29) is 18.1 Å². The summed E-state index contributed by atoms with van der Waals surface area (Å²) in [5, 5.41) is 2.94. The molecule has 1 heterocycles. The molecule has 0 spiro atoms. The summed E-state index contributed by atoms with van der Waals surface area (Å²) in [6, 6.07) is 7.62. The van der Waals surface area contributed by atoms with Gasteiger partial charge in [-0.25, -0.2) is 0 Å². The molecule has 4 nitrogen and oxygen atoms in total. The number of rotatable bonds is 5. The van der Waals surface area contributed by atoms with Crippen molar-refractivity contribution in [2.45, 2.75) is 31.9 Å². The normalized spacial score (nSPS) is 20.0. The summed E-state index contributed by atoms with van der Waals surface area (Å²) >= 11 is 0. The van der Waals surface area contributed by atoms with Gasteiger partial charge in [-0.2, -0.15) is 0 Å². The van der Waals surface area contributed by atoms with Crippen LogP contribution in [0.5, 0.6) is 5.75 Å². The minimum Gasteiger partial charge on any atom is -0.496 e. The lowest BCUT2D eigenvalue weighted by Crippen LogP contribution is -2.40. The number of hydrogen-bond acceptors (Lipinski definition) is 3. The summed E-state index contributed by atoms with van der Waals surface area (Å²) in [4.78, 5) is 11.9. The van der Waals surface area contributed by atoms with Gasteiger partial charge in [-0.05, 0) is 31.9 Å². The van der Waals surface area contributed by atoms with Crippen molar-refractivity contribution in [3.63, 3.8) is 0 Å². The van der Waals surface area contributed by atoms with Gasteiger partial charge in [0.2, 0.25) is 5.91 Å². The van der Waals surface area contributed by atoms with Crippen LogP contribution < -0.4 is 10.1 Å². The largest absolute Gasteiger partial charge is 0.496 e. The molecule has 20 heavy (non-hydrogen) atoms. The van der Waals surface area contributed by atoms with E-state index in [1.165, 1.54) is 6.08 Å². The molecule has 0 bridgehead atoms. The van der Waals surface area contributed by atoms with Crippen LogP contribution in [0.1, 0.15) is 25.3 Å². The van der Waals surface area contributed by atoms with E-state index in [9.17, 15) is 4.79 Å². The Morgan fingerprint density at radius 3 is 3.00 bits per heavy atom. The quantitative estimate of drug-likeness (QED) is 0.839. The fourth-order valence-electron chi connectivity index (χ4n) is 2.33. The first-order chi connectivity index (χ1) is 9.70. The average molecular weight is 275 g/mol. The summed E-state index contributed by atoms with van der Waals surface area (Å²) in [6.45, 7) is 2.77. The highest BCUT2D eigenvalue weighted by Gasteiger charge is 2.22. The Bertz CT molecular complexity index is 478. The monoisotopic (exact) mass is 275 g/mol. The molecule has 0 saturated carbocycles. The summed E-state index contributed by atoms with van der Waals surface area (Å²) in [6.07, 6.45) is 5.51. The van der Waals surface area contributed by atoms with Crippen molar-refractivity contribution in [2.75, 3.05) is 13.7 Å². The summed E-state index contributed by atoms with van der Waals surface area (Å²) in [5.74, 6) is 0.641. The van der Waals surface area contributed by atoms with Crippen molar-refractivity contribution in [2.24, 2.45) is 0 Å². The number of nitrogens with one attached hydrogen (secondary N) is 1. The fourth-order valence-corrected chi connectivity index (χ4v) is 2.33. The molecular formula is C16H21NO3. The molecule has 0 aliphatic carbocycles. The Labute approximate surface area is 119 Å². The Morgan fingerprint density at radius 1 is 1.50 bits per heavy atom. The Hall–Kier alpha value is -1.81. The molecule has 1 amide bonds. The number of carbonyl (C=O) groups excluding carboxylic acids is 1. The van der Waals surface area contributed by atoms with E-state index in [1.807, 2.05) is 31.2 Å². The molecule has 4 heteroatoms. The molecule has 0 radical (unpaired) electrons. The van der Waals surface area contributed by atoms with Crippen LogP contribution in [-0.2, 0) is 9.53 Å². The van der Waals surface area contributed by atoms with Crippen molar-refractivity contribution in [1.29, 1.82) is 0 Å². The zero-order chi connectivity index (χ0) is 14.4. The minimum absolute atomic E-state index is 0.0346. The second kappa shape index (κ2) is 7.10. The number of para-hydroxylation sites is 1. The van der Waals surface area contributed by atoms with E-state index in [1.54, 1.807) is 13.2 Å². The molecule has 1 aromatic carbocycles. The van der Waals surface area contributed by atoms with Crippen LogP contribution in [0.3, 0.4) is 0 Å². The Kier molecular flexibility index (Phi) is 5.18. The van der Waals surface area contributed by atoms with E-state index in [2.05, 4.69) is 5.32 Å². The van der Waals surface area contributed by atoms with Gasteiger partial charge in [0.25, 0.3) is 0 Å². The third kappa shape index (κ3) is 3.84. The predicted octanol–water partition coefficient (Wildman–Crippen LogP) is 2.39. The molecular weight excluding hydrogens is 254 g/mol. The van der Waals surface area contributed by atoms with Crippen molar-refractivity contribution in [3.8, 4) is 5.75 Å². The van der Waals surface area contributed by atoms with Gasteiger partial charge in [-0.3, -0.25) is 4.79 Å². The number of hydrogen-bond donors (Lipinski definition) is 1. The molecule has 2 atom stereocenters. The molecule has 1 aliphatic rings. The first-order valence-electron chi connectivity index (χ1n) is 6.94. The summed E-state index contributed by atoms with van der Waals surface area (Å²) in [5.41, 5.74) is 0.884. The highest BCUT2D eigenvalue weighted by atomic mass is 16.5. The molecule has 2 rings (SSSR count). The lowest BCUT2D eigenvalue weighted by atomic mass is 10.1. The van der Waals surface area contributed by atoms with Gasteiger partial charge in [-0.15, -0.1) is 0 Å². The SMILES string of the molecule is COc1ccccc1/C=C/C(=O)N[C@H](C)[C@H]1CCCO1. The Morgan fingerprint density at radius 2 is 2.30 bits per heavy atom. The molecule has 0 unspecified atom stereocenters. The molecule has 0 aromatic heterocycles. The van der Waals surface area contributed by atoms with Gasteiger partial charge < -0.3 is 14.8 Å². The average Bonchev–Trinajstić information content (AvgIpc) is 2.99. The molecule has 1 N–H and O–H groups in total. The lowest BCUT2D eigenvalue weighted by molar-refractivity contribution is -0.117. The molecule has 1 saturated heterocycles. The third-order valence-corrected chi connectivity index (χ3v) is 3.45. The highest BCUT2D eigenvalue weighted by Crippen LogP contribution is 2.18. The number of ether oxygens (including phenoxy) is 2. The zero-order valence-electron chi connectivity index (χ0n) is 12.0. The van der Waals surface area contributed by atoms with Crippen LogP contribution >= 0.6 is 0 Å². The smallest absolute Gasteiger partial charge is 0.244 e. The zero-order valence-corrected chi connectivity index (χ0v) is 12.0. The molecule has 1 fully saturated rings. The van der Waals surface area contributed by atoms with E-state index >= 15 is 0 Å². The van der Waals surface area contributed by atoms with Crippen LogP contribution in [0.25, 0.3) is 6.08 Å². The number of amides is 1. The number of benzene rings is 1. The van der Waals surface area contributed by atoms with Crippen LogP contribution in [-0.4, -0.2) is 31.8 Å². The van der Waals surface area contributed by atoms with Crippen molar-refractivity contribution in [3.05, 3.63) is 35.9 Å². The fraction of sp³-hybridized carbons (Fsp3) is 0.438. The van der Waals surface area contributed by atoms with Crippen molar-refractivity contribution >= 4 is 12.0 Å². The molecule has 108 valence electrons. The second-order valence-electron chi connectivity index (χ2n) is 4.92.